The predicted molar refractivity (Wildman–Crippen MR) is 69.1 cm³/mol. The molecule has 18 heavy (non-hydrogen) atoms. The summed E-state index contributed by atoms with van der Waals surface area (Å²) in [6, 6.07) is 4.10. The molecule has 1 aromatic heterocycles. The van der Waals surface area contributed by atoms with Gasteiger partial charge in [-0.25, -0.2) is 0 Å². The maximum absolute atomic E-state index is 10.5. The number of likely N-dealkylation sites (tertiary alicyclic amines) is 1. The summed E-state index contributed by atoms with van der Waals surface area (Å²) in [5.74, 6) is -0.0796. The third-order valence-corrected chi connectivity index (χ3v) is 3.63. The molecule has 0 spiro atoms. The molecule has 1 aromatic rings. The van der Waals surface area contributed by atoms with Crippen LogP contribution in [-0.4, -0.2) is 34.0 Å². The predicted octanol–water partition coefficient (Wildman–Crippen LogP) is 2.16. The molecule has 0 unspecified atom stereocenters. The molecular formula is C14H20N2O2. The lowest BCUT2D eigenvalue weighted by Crippen LogP contribution is -2.33. The number of carboxylic acids is 1. The minimum absolute atomic E-state index is 0.315. The average Bonchev–Trinajstić information content (AvgIpc) is 2.39. The molecule has 1 saturated heterocycles. The lowest BCUT2D eigenvalue weighted by atomic mass is 9.92. The van der Waals surface area contributed by atoms with Gasteiger partial charge in [0.05, 0.1) is 0 Å². The molecule has 4 nitrogen and oxygen atoms in total. The lowest BCUT2D eigenvalue weighted by molar-refractivity contribution is -0.137. The van der Waals surface area contributed by atoms with Crippen LogP contribution in [0.3, 0.4) is 0 Å². The first-order chi connectivity index (χ1) is 8.74. The quantitative estimate of drug-likeness (QED) is 0.867. The molecule has 1 aliphatic heterocycles. The number of carboxylic acid groups (broad SMARTS) is 1. The standard InChI is InChI=1S/C14H20N2O2/c17-14(18)2-1-12-5-9-16(10-6-12)11-13-3-7-15-8-4-13/h3-4,7-8,12H,1-2,5-6,9-11H2,(H,17,18). The van der Waals surface area contributed by atoms with Gasteiger partial charge in [0.25, 0.3) is 0 Å². The number of rotatable bonds is 5. The summed E-state index contributed by atoms with van der Waals surface area (Å²) in [5.41, 5.74) is 1.30. The number of aliphatic carboxylic acids is 1. The van der Waals surface area contributed by atoms with Crippen LogP contribution < -0.4 is 0 Å². The van der Waals surface area contributed by atoms with E-state index >= 15 is 0 Å². The smallest absolute Gasteiger partial charge is 0.303 e. The molecule has 0 atom stereocenters. The van der Waals surface area contributed by atoms with E-state index in [2.05, 4.69) is 22.0 Å². The Bertz CT molecular complexity index is 373. The molecule has 1 N–H and O–H groups in total. The fraction of sp³-hybridized carbons (Fsp3) is 0.571. The summed E-state index contributed by atoms with van der Waals surface area (Å²) < 4.78 is 0. The van der Waals surface area contributed by atoms with Crippen molar-refractivity contribution in [1.82, 2.24) is 9.88 Å². The first-order valence-corrected chi connectivity index (χ1v) is 6.57. The Balaban J connectivity index is 1.72. The number of piperidine rings is 1. The Morgan fingerprint density at radius 1 is 1.33 bits per heavy atom. The van der Waals surface area contributed by atoms with E-state index < -0.39 is 5.97 Å². The molecule has 1 aliphatic rings. The van der Waals surface area contributed by atoms with E-state index in [1.807, 2.05) is 12.4 Å². The molecular weight excluding hydrogens is 228 g/mol. The third-order valence-electron chi connectivity index (χ3n) is 3.63. The summed E-state index contributed by atoms with van der Waals surface area (Å²) in [6.45, 7) is 3.13. The largest absolute Gasteiger partial charge is 0.481 e. The van der Waals surface area contributed by atoms with Crippen molar-refractivity contribution in [2.75, 3.05) is 13.1 Å². The van der Waals surface area contributed by atoms with Crippen molar-refractivity contribution in [2.24, 2.45) is 5.92 Å². The molecule has 0 radical (unpaired) electrons. The molecule has 0 amide bonds. The van der Waals surface area contributed by atoms with Crippen molar-refractivity contribution in [3.8, 4) is 0 Å². The van der Waals surface area contributed by atoms with Crippen molar-refractivity contribution >= 4 is 5.97 Å². The van der Waals surface area contributed by atoms with Crippen LogP contribution in [-0.2, 0) is 11.3 Å². The van der Waals surface area contributed by atoms with Gasteiger partial charge < -0.3 is 5.11 Å². The van der Waals surface area contributed by atoms with E-state index in [1.54, 1.807) is 0 Å². The first kappa shape index (κ1) is 13.0. The van der Waals surface area contributed by atoms with Crippen molar-refractivity contribution < 1.29 is 9.90 Å². The molecule has 98 valence electrons. The van der Waals surface area contributed by atoms with Crippen molar-refractivity contribution in [3.63, 3.8) is 0 Å². The number of carbonyl (C=O) groups is 1. The highest BCUT2D eigenvalue weighted by molar-refractivity contribution is 5.66. The number of aromatic nitrogens is 1. The Kier molecular flexibility index (Phi) is 4.70. The Morgan fingerprint density at radius 2 is 2.00 bits per heavy atom. The maximum Gasteiger partial charge on any atom is 0.303 e. The van der Waals surface area contributed by atoms with Crippen LogP contribution in [0.4, 0.5) is 0 Å². The summed E-state index contributed by atoms with van der Waals surface area (Å²) in [5, 5.41) is 8.67. The molecule has 2 rings (SSSR count). The molecule has 0 aromatic carbocycles. The highest BCUT2D eigenvalue weighted by atomic mass is 16.4. The van der Waals surface area contributed by atoms with Crippen LogP contribution >= 0.6 is 0 Å². The fourth-order valence-electron chi connectivity index (χ4n) is 2.51. The second-order valence-electron chi connectivity index (χ2n) is 5.01. The van der Waals surface area contributed by atoms with Gasteiger partial charge in [0.1, 0.15) is 0 Å². The van der Waals surface area contributed by atoms with Gasteiger partial charge in [0.15, 0.2) is 0 Å². The first-order valence-electron chi connectivity index (χ1n) is 6.57. The van der Waals surface area contributed by atoms with Gasteiger partial charge in [-0.15, -0.1) is 0 Å². The summed E-state index contributed by atoms with van der Waals surface area (Å²) in [7, 11) is 0. The van der Waals surface area contributed by atoms with E-state index in [1.165, 1.54) is 5.56 Å². The van der Waals surface area contributed by atoms with Crippen molar-refractivity contribution in [3.05, 3.63) is 30.1 Å². The van der Waals surface area contributed by atoms with Gasteiger partial charge in [-0.2, -0.15) is 0 Å². The van der Waals surface area contributed by atoms with Crippen LogP contribution in [0.5, 0.6) is 0 Å². The third kappa shape index (κ3) is 4.11. The summed E-state index contributed by atoms with van der Waals surface area (Å²) >= 11 is 0. The molecule has 2 heterocycles. The average molecular weight is 248 g/mol. The van der Waals surface area contributed by atoms with E-state index in [9.17, 15) is 4.79 Å². The van der Waals surface area contributed by atoms with Gasteiger partial charge in [-0.05, 0) is 56.0 Å². The van der Waals surface area contributed by atoms with Gasteiger partial charge in [-0.1, -0.05) is 0 Å². The second kappa shape index (κ2) is 6.50. The Morgan fingerprint density at radius 3 is 2.61 bits per heavy atom. The zero-order chi connectivity index (χ0) is 12.8. The minimum atomic E-state index is -0.672. The van der Waals surface area contributed by atoms with E-state index in [0.29, 0.717) is 12.3 Å². The zero-order valence-corrected chi connectivity index (χ0v) is 10.6. The number of nitrogens with zero attached hydrogens (tertiary/aromatic N) is 2. The van der Waals surface area contributed by atoms with Gasteiger partial charge in [-0.3, -0.25) is 14.7 Å². The molecule has 1 fully saturated rings. The van der Waals surface area contributed by atoms with Crippen LogP contribution in [0.2, 0.25) is 0 Å². The SMILES string of the molecule is O=C(O)CCC1CCN(Cc2ccncc2)CC1. The molecule has 4 heteroatoms. The number of hydrogen-bond donors (Lipinski definition) is 1. The van der Waals surface area contributed by atoms with Crippen LogP contribution in [0, 0.1) is 5.92 Å². The maximum atomic E-state index is 10.5. The van der Waals surface area contributed by atoms with Crippen LogP contribution in [0.15, 0.2) is 24.5 Å². The monoisotopic (exact) mass is 248 g/mol. The van der Waals surface area contributed by atoms with Gasteiger partial charge in [0.2, 0.25) is 0 Å². The van der Waals surface area contributed by atoms with E-state index in [4.69, 9.17) is 5.11 Å². The summed E-state index contributed by atoms with van der Waals surface area (Å²) in [6.07, 6.45) is 7.05. The number of hydrogen-bond acceptors (Lipinski definition) is 3. The topological polar surface area (TPSA) is 53.4 Å². The number of pyridine rings is 1. The van der Waals surface area contributed by atoms with Gasteiger partial charge in [0, 0.05) is 25.4 Å². The van der Waals surface area contributed by atoms with E-state index in [0.717, 1.165) is 38.9 Å². The summed E-state index contributed by atoms with van der Waals surface area (Å²) in [4.78, 5) is 17.0. The molecule has 0 aliphatic carbocycles. The fourth-order valence-corrected chi connectivity index (χ4v) is 2.51. The Hall–Kier alpha value is -1.42. The molecule has 0 bridgehead atoms. The van der Waals surface area contributed by atoms with Crippen LogP contribution in [0.1, 0.15) is 31.2 Å². The van der Waals surface area contributed by atoms with Crippen LogP contribution in [0.25, 0.3) is 0 Å². The zero-order valence-electron chi connectivity index (χ0n) is 10.6. The van der Waals surface area contributed by atoms with Crippen molar-refractivity contribution in [1.29, 1.82) is 0 Å². The minimum Gasteiger partial charge on any atom is -0.481 e. The van der Waals surface area contributed by atoms with E-state index in [-0.39, 0.29) is 0 Å². The Labute approximate surface area is 108 Å². The lowest BCUT2D eigenvalue weighted by Gasteiger charge is -2.31. The second-order valence-corrected chi connectivity index (χ2v) is 5.01. The normalized spacial score (nSPS) is 17.8. The molecule has 0 saturated carbocycles. The van der Waals surface area contributed by atoms with Gasteiger partial charge >= 0.3 is 5.97 Å². The van der Waals surface area contributed by atoms with Crippen molar-refractivity contribution in [2.45, 2.75) is 32.2 Å². The highest BCUT2D eigenvalue weighted by Crippen LogP contribution is 2.22. The highest BCUT2D eigenvalue weighted by Gasteiger charge is 2.19.